The molecule has 0 bridgehead atoms. The van der Waals surface area contributed by atoms with E-state index in [2.05, 4.69) is 43.3 Å². The van der Waals surface area contributed by atoms with Crippen molar-refractivity contribution in [1.29, 1.82) is 0 Å². The highest BCUT2D eigenvalue weighted by Gasteiger charge is 2.08. The van der Waals surface area contributed by atoms with Crippen LogP contribution in [0.3, 0.4) is 0 Å². The molecule has 2 aromatic heterocycles. The number of nitrogens with one attached hydrogen (secondary N) is 2. The van der Waals surface area contributed by atoms with Gasteiger partial charge < -0.3 is 15.2 Å². The van der Waals surface area contributed by atoms with E-state index in [1.807, 2.05) is 31.2 Å². The fourth-order valence-electron chi connectivity index (χ4n) is 2.43. The monoisotopic (exact) mass is 531 g/mol. The van der Waals surface area contributed by atoms with E-state index in [0.29, 0.717) is 29.7 Å². The molecule has 0 aliphatic rings. The number of halogens is 2. The van der Waals surface area contributed by atoms with Crippen LogP contribution in [0.15, 0.2) is 51.3 Å². The number of nitrogens with zero attached hydrogens (tertiary/aromatic N) is 3. The molecule has 0 fully saturated rings. The first-order chi connectivity index (χ1) is 13.2. The summed E-state index contributed by atoms with van der Waals surface area (Å²) in [6.45, 7) is 4.27. The summed E-state index contributed by atoms with van der Waals surface area (Å²) in [6.07, 6.45) is 1.57. The van der Waals surface area contributed by atoms with Crippen molar-refractivity contribution in [2.24, 2.45) is 4.99 Å². The van der Waals surface area contributed by atoms with E-state index >= 15 is 0 Å². The SMILES string of the molecule is CCNC(=NCCc1cccs1)NCCc1nc(-c2ccc(Cl)cc2)no1.I. The minimum Gasteiger partial charge on any atom is -0.357 e. The number of benzene rings is 1. The largest absolute Gasteiger partial charge is 0.357 e. The van der Waals surface area contributed by atoms with E-state index in [-0.39, 0.29) is 24.0 Å². The van der Waals surface area contributed by atoms with Crippen molar-refractivity contribution in [3.8, 4) is 11.4 Å². The van der Waals surface area contributed by atoms with Crippen LogP contribution >= 0.6 is 46.9 Å². The lowest BCUT2D eigenvalue weighted by molar-refractivity contribution is 0.378. The molecular weight excluding hydrogens is 509 g/mol. The second-order valence-corrected chi connectivity index (χ2v) is 7.25. The fourth-order valence-corrected chi connectivity index (χ4v) is 3.26. The zero-order valence-electron chi connectivity index (χ0n) is 15.5. The highest BCUT2D eigenvalue weighted by molar-refractivity contribution is 14.0. The summed E-state index contributed by atoms with van der Waals surface area (Å²) >= 11 is 7.66. The van der Waals surface area contributed by atoms with E-state index in [0.717, 1.165) is 31.0 Å². The number of hydrogen-bond acceptors (Lipinski definition) is 5. The minimum absolute atomic E-state index is 0. The van der Waals surface area contributed by atoms with Gasteiger partial charge in [0.05, 0.1) is 0 Å². The zero-order valence-corrected chi connectivity index (χ0v) is 19.4. The third-order valence-corrected chi connectivity index (χ3v) is 4.94. The Labute approximate surface area is 190 Å². The third-order valence-electron chi connectivity index (χ3n) is 3.75. The molecule has 0 aliphatic heterocycles. The van der Waals surface area contributed by atoms with Gasteiger partial charge in [0.15, 0.2) is 5.96 Å². The molecule has 150 valence electrons. The molecule has 6 nitrogen and oxygen atoms in total. The van der Waals surface area contributed by atoms with Gasteiger partial charge in [-0.3, -0.25) is 4.99 Å². The molecular formula is C19H23ClIN5OS. The Balaban J connectivity index is 0.00000280. The second kappa shape index (κ2) is 12.0. The van der Waals surface area contributed by atoms with Gasteiger partial charge in [-0.05, 0) is 42.6 Å². The van der Waals surface area contributed by atoms with Gasteiger partial charge in [0.1, 0.15) is 0 Å². The van der Waals surface area contributed by atoms with Gasteiger partial charge in [-0.25, -0.2) is 0 Å². The van der Waals surface area contributed by atoms with Crippen molar-refractivity contribution < 1.29 is 4.52 Å². The van der Waals surface area contributed by atoms with Crippen molar-refractivity contribution in [2.45, 2.75) is 19.8 Å². The molecule has 0 aliphatic carbocycles. The average Bonchev–Trinajstić information content (AvgIpc) is 3.34. The van der Waals surface area contributed by atoms with Gasteiger partial charge in [0.2, 0.25) is 11.7 Å². The maximum absolute atomic E-state index is 5.90. The lowest BCUT2D eigenvalue weighted by Crippen LogP contribution is -2.38. The molecule has 0 amide bonds. The second-order valence-electron chi connectivity index (χ2n) is 5.79. The molecule has 0 saturated heterocycles. The summed E-state index contributed by atoms with van der Waals surface area (Å²) in [7, 11) is 0. The van der Waals surface area contributed by atoms with Crippen LogP contribution in [0.4, 0.5) is 0 Å². The van der Waals surface area contributed by atoms with Crippen LogP contribution in [0.2, 0.25) is 5.02 Å². The molecule has 3 aromatic rings. The van der Waals surface area contributed by atoms with Gasteiger partial charge in [-0.1, -0.05) is 22.8 Å². The Bertz CT molecular complexity index is 852. The summed E-state index contributed by atoms with van der Waals surface area (Å²) < 4.78 is 5.33. The maximum atomic E-state index is 5.90. The van der Waals surface area contributed by atoms with Crippen molar-refractivity contribution in [3.05, 3.63) is 57.6 Å². The molecule has 2 N–H and O–H groups in total. The van der Waals surface area contributed by atoms with Crippen LogP contribution in [0.5, 0.6) is 0 Å². The Morgan fingerprint density at radius 2 is 2.00 bits per heavy atom. The van der Waals surface area contributed by atoms with Crippen LogP contribution in [-0.2, 0) is 12.8 Å². The molecule has 0 radical (unpaired) electrons. The standard InChI is InChI=1S/C19H22ClN5OS.HI/c1-2-21-19(22-11-9-16-4-3-13-27-16)23-12-10-17-24-18(25-26-17)14-5-7-15(20)8-6-14;/h3-8,13H,2,9-12H2,1H3,(H2,21,22,23);1H. The van der Waals surface area contributed by atoms with Crippen LogP contribution in [-0.4, -0.2) is 35.7 Å². The molecule has 1 aromatic carbocycles. The van der Waals surface area contributed by atoms with Crippen molar-refractivity contribution >= 4 is 52.9 Å². The Hall–Kier alpha value is -1.65. The van der Waals surface area contributed by atoms with Crippen molar-refractivity contribution in [2.75, 3.05) is 19.6 Å². The maximum Gasteiger partial charge on any atom is 0.228 e. The fraction of sp³-hybridized carbons (Fsp3) is 0.316. The van der Waals surface area contributed by atoms with E-state index in [1.165, 1.54) is 4.88 Å². The summed E-state index contributed by atoms with van der Waals surface area (Å²) in [4.78, 5) is 10.4. The van der Waals surface area contributed by atoms with Gasteiger partial charge >= 0.3 is 0 Å². The Morgan fingerprint density at radius 3 is 2.71 bits per heavy atom. The summed E-state index contributed by atoms with van der Waals surface area (Å²) in [5.74, 6) is 1.95. The summed E-state index contributed by atoms with van der Waals surface area (Å²) in [5, 5.41) is 13.3. The predicted octanol–water partition coefficient (Wildman–Crippen LogP) is 4.41. The Kier molecular flexibility index (Phi) is 9.72. The summed E-state index contributed by atoms with van der Waals surface area (Å²) in [6, 6.07) is 11.6. The van der Waals surface area contributed by atoms with Crippen LogP contribution in [0.1, 0.15) is 17.7 Å². The lowest BCUT2D eigenvalue weighted by Gasteiger charge is -2.10. The molecule has 0 spiro atoms. The number of guanidine groups is 1. The number of hydrogen-bond donors (Lipinski definition) is 2. The van der Waals surface area contributed by atoms with Gasteiger partial charge in [-0.15, -0.1) is 35.3 Å². The van der Waals surface area contributed by atoms with Crippen LogP contribution in [0.25, 0.3) is 11.4 Å². The van der Waals surface area contributed by atoms with Gasteiger partial charge in [0, 0.05) is 47.9 Å². The topological polar surface area (TPSA) is 75.3 Å². The van der Waals surface area contributed by atoms with Crippen LogP contribution in [0, 0.1) is 0 Å². The quantitative estimate of drug-likeness (QED) is 0.256. The van der Waals surface area contributed by atoms with E-state index < -0.39 is 0 Å². The van der Waals surface area contributed by atoms with Gasteiger partial charge in [0.25, 0.3) is 0 Å². The lowest BCUT2D eigenvalue weighted by atomic mass is 10.2. The number of thiophene rings is 1. The van der Waals surface area contributed by atoms with Crippen molar-refractivity contribution in [3.63, 3.8) is 0 Å². The third kappa shape index (κ3) is 7.06. The first-order valence-corrected chi connectivity index (χ1v) is 10.1. The smallest absolute Gasteiger partial charge is 0.228 e. The molecule has 0 unspecified atom stereocenters. The molecule has 28 heavy (non-hydrogen) atoms. The molecule has 2 heterocycles. The Morgan fingerprint density at radius 1 is 1.18 bits per heavy atom. The first-order valence-electron chi connectivity index (χ1n) is 8.87. The highest BCUT2D eigenvalue weighted by atomic mass is 127. The molecule has 9 heteroatoms. The van der Waals surface area contributed by atoms with Gasteiger partial charge in [-0.2, -0.15) is 4.98 Å². The minimum atomic E-state index is 0. The van der Waals surface area contributed by atoms with Crippen LogP contribution < -0.4 is 10.6 Å². The van der Waals surface area contributed by atoms with E-state index in [9.17, 15) is 0 Å². The highest BCUT2D eigenvalue weighted by Crippen LogP contribution is 2.18. The van der Waals surface area contributed by atoms with Crippen molar-refractivity contribution in [1.82, 2.24) is 20.8 Å². The first kappa shape index (κ1) is 22.6. The van der Waals surface area contributed by atoms with E-state index in [1.54, 1.807) is 11.3 Å². The molecule has 0 saturated carbocycles. The number of aromatic nitrogens is 2. The number of rotatable bonds is 8. The number of aliphatic imine (C=N–C) groups is 1. The zero-order chi connectivity index (χ0) is 18.9. The summed E-state index contributed by atoms with van der Waals surface area (Å²) in [5.41, 5.74) is 0.880. The van der Waals surface area contributed by atoms with E-state index in [4.69, 9.17) is 16.1 Å². The predicted molar refractivity (Wildman–Crippen MR) is 126 cm³/mol. The average molecular weight is 532 g/mol. The normalized spacial score (nSPS) is 11.1. The molecule has 0 atom stereocenters. The molecule has 3 rings (SSSR count).